The number of hydrogen-bond acceptors (Lipinski definition) is 3. The zero-order chi connectivity index (χ0) is 14.9. The molecular weight excluding hydrogens is 248 g/mol. The van der Waals surface area contributed by atoms with E-state index in [1.807, 2.05) is 13.0 Å². The fourth-order valence-corrected chi connectivity index (χ4v) is 2.15. The van der Waals surface area contributed by atoms with Crippen LogP contribution in [0.25, 0.3) is 11.3 Å². The van der Waals surface area contributed by atoms with Crippen molar-refractivity contribution < 1.29 is 4.79 Å². The van der Waals surface area contributed by atoms with E-state index in [0.717, 1.165) is 22.5 Å². The van der Waals surface area contributed by atoms with Crippen LogP contribution in [0, 0.1) is 13.8 Å². The van der Waals surface area contributed by atoms with Crippen molar-refractivity contribution in [1.82, 2.24) is 9.97 Å². The van der Waals surface area contributed by atoms with Gasteiger partial charge in [0.25, 0.3) is 0 Å². The lowest BCUT2D eigenvalue weighted by Gasteiger charge is -2.20. The lowest BCUT2D eigenvalue weighted by Crippen LogP contribution is -2.11. The van der Waals surface area contributed by atoms with Gasteiger partial charge in [0.1, 0.15) is 0 Å². The van der Waals surface area contributed by atoms with Gasteiger partial charge in [-0.25, -0.2) is 9.97 Å². The summed E-state index contributed by atoms with van der Waals surface area (Å²) >= 11 is 0. The van der Waals surface area contributed by atoms with Gasteiger partial charge in [0.2, 0.25) is 0 Å². The largest absolute Gasteiger partial charge is 0.294 e. The van der Waals surface area contributed by atoms with E-state index >= 15 is 0 Å². The van der Waals surface area contributed by atoms with Crippen LogP contribution in [0.5, 0.6) is 0 Å². The average Bonchev–Trinajstić information content (AvgIpc) is 2.37. The second-order valence-electron chi connectivity index (χ2n) is 6.15. The molecule has 0 saturated carbocycles. The fraction of sp³-hybridized carbons (Fsp3) is 0.353. The van der Waals surface area contributed by atoms with Crippen LogP contribution >= 0.6 is 0 Å². The van der Waals surface area contributed by atoms with Gasteiger partial charge in [0.05, 0.1) is 5.69 Å². The van der Waals surface area contributed by atoms with Crippen molar-refractivity contribution in [2.45, 2.75) is 40.0 Å². The molecule has 0 spiro atoms. The topological polar surface area (TPSA) is 42.9 Å². The minimum absolute atomic E-state index is 0.0814. The summed E-state index contributed by atoms with van der Waals surface area (Å²) in [6.45, 7) is 10.5. The Balaban J connectivity index is 2.63. The van der Waals surface area contributed by atoms with Gasteiger partial charge in [0, 0.05) is 11.3 Å². The lowest BCUT2D eigenvalue weighted by atomic mass is 9.85. The number of aromatic nitrogens is 2. The molecule has 0 aliphatic heterocycles. The fourth-order valence-electron chi connectivity index (χ4n) is 2.15. The first-order valence-corrected chi connectivity index (χ1v) is 6.73. The number of nitrogens with zero attached hydrogens (tertiary/aromatic N) is 2. The highest BCUT2D eigenvalue weighted by Crippen LogP contribution is 2.29. The summed E-state index contributed by atoms with van der Waals surface area (Å²) in [5.74, 6) is 0.237. The van der Waals surface area contributed by atoms with Crippen LogP contribution < -0.4 is 0 Å². The zero-order valence-corrected chi connectivity index (χ0v) is 12.7. The standard InChI is InChI=1S/C17H20N2O/c1-11-6-7-13(17(3,4)5)9-14(11)15-8-12(2)18-16(10-20)19-15/h6-10H,1-5H3. The Hall–Kier alpha value is -2.03. The molecule has 2 rings (SSSR count). The zero-order valence-electron chi connectivity index (χ0n) is 12.7. The Morgan fingerprint density at radius 1 is 1.05 bits per heavy atom. The van der Waals surface area contributed by atoms with E-state index in [4.69, 9.17) is 0 Å². The summed E-state index contributed by atoms with van der Waals surface area (Å²) in [5, 5.41) is 0. The number of hydrogen-bond donors (Lipinski definition) is 0. The van der Waals surface area contributed by atoms with Gasteiger partial charge in [-0.3, -0.25) is 4.79 Å². The minimum Gasteiger partial charge on any atom is -0.294 e. The molecule has 3 nitrogen and oxygen atoms in total. The highest BCUT2D eigenvalue weighted by molar-refractivity contribution is 5.72. The van der Waals surface area contributed by atoms with E-state index in [9.17, 15) is 4.79 Å². The van der Waals surface area contributed by atoms with Crippen LogP contribution in [0.4, 0.5) is 0 Å². The highest BCUT2D eigenvalue weighted by Gasteiger charge is 2.16. The predicted molar refractivity (Wildman–Crippen MR) is 81.0 cm³/mol. The lowest BCUT2D eigenvalue weighted by molar-refractivity contribution is 0.111. The van der Waals surface area contributed by atoms with E-state index in [1.54, 1.807) is 0 Å². The van der Waals surface area contributed by atoms with Crippen molar-refractivity contribution in [2.75, 3.05) is 0 Å². The first-order valence-electron chi connectivity index (χ1n) is 6.73. The number of aryl methyl sites for hydroxylation is 2. The number of carbonyl (C=O) groups excluding carboxylic acids is 1. The summed E-state index contributed by atoms with van der Waals surface area (Å²) < 4.78 is 0. The summed E-state index contributed by atoms with van der Waals surface area (Å²) in [5.41, 5.74) is 5.15. The molecular formula is C17H20N2O. The number of rotatable bonds is 2. The summed E-state index contributed by atoms with van der Waals surface area (Å²) in [4.78, 5) is 19.4. The third-order valence-electron chi connectivity index (χ3n) is 3.36. The highest BCUT2D eigenvalue weighted by atomic mass is 16.1. The molecule has 0 fully saturated rings. The van der Waals surface area contributed by atoms with E-state index < -0.39 is 0 Å². The van der Waals surface area contributed by atoms with E-state index in [-0.39, 0.29) is 11.2 Å². The molecule has 2 aromatic rings. The molecule has 0 radical (unpaired) electrons. The van der Waals surface area contributed by atoms with Crippen LogP contribution in [0.3, 0.4) is 0 Å². The number of carbonyl (C=O) groups is 1. The van der Waals surface area contributed by atoms with E-state index in [1.165, 1.54) is 5.56 Å². The molecule has 0 unspecified atom stereocenters. The van der Waals surface area contributed by atoms with Crippen LogP contribution in [0.2, 0.25) is 0 Å². The second kappa shape index (κ2) is 5.16. The summed E-state index contributed by atoms with van der Waals surface area (Å²) in [6.07, 6.45) is 0.694. The number of benzene rings is 1. The molecule has 0 bridgehead atoms. The molecule has 3 heteroatoms. The molecule has 1 heterocycles. The van der Waals surface area contributed by atoms with Gasteiger partial charge in [0.15, 0.2) is 12.1 Å². The molecule has 20 heavy (non-hydrogen) atoms. The van der Waals surface area contributed by atoms with Crippen LogP contribution in [-0.4, -0.2) is 16.3 Å². The minimum atomic E-state index is 0.0814. The van der Waals surface area contributed by atoms with Gasteiger partial charge >= 0.3 is 0 Å². The maximum absolute atomic E-state index is 10.9. The van der Waals surface area contributed by atoms with E-state index in [2.05, 4.69) is 55.9 Å². The molecule has 0 saturated heterocycles. The second-order valence-corrected chi connectivity index (χ2v) is 6.15. The van der Waals surface area contributed by atoms with Crippen molar-refractivity contribution >= 4 is 6.29 Å². The maximum Gasteiger partial charge on any atom is 0.193 e. The molecule has 104 valence electrons. The predicted octanol–water partition coefficient (Wildman–Crippen LogP) is 3.87. The average molecular weight is 268 g/mol. The quantitative estimate of drug-likeness (QED) is 0.776. The third-order valence-corrected chi connectivity index (χ3v) is 3.36. The summed E-state index contributed by atoms with van der Waals surface area (Å²) in [6, 6.07) is 8.33. The van der Waals surface area contributed by atoms with Crippen LogP contribution in [0.1, 0.15) is 48.2 Å². The SMILES string of the molecule is Cc1cc(-c2cc(C(C)(C)C)ccc2C)nc(C=O)n1. The van der Waals surface area contributed by atoms with Crippen molar-refractivity contribution in [1.29, 1.82) is 0 Å². The Labute approximate surface area is 120 Å². The van der Waals surface area contributed by atoms with Gasteiger partial charge < -0.3 is 0 Å². The van der Waals surface area contributed by atoms with Gasteiger partial charge in [-0.2, -0.15) is 0 Å². The van der Waals surface area contributed by atoms with E-state index in [0.29, 0.717) is 6.29 Å². The Morgan fingerprint density at radius 3 is 2.35 bits per heavy atom. The molecule has 0 aliphatic rings. The van der Waals surface area contributed by atoms with Crippen molar-refractivity contribution in [3.05, 3.63) is 46.9 Å². The third kappa shape index (κ3) is 2.93. The van der Waals surface area contributed by atoms with Crippen molar-refractivity contribution in [2.24, 2.45) is 0 Å². The van der Waals surface area contributed by atoms with Crippen molar-refractivity contribution in [3.8, 4) is 11.3 Å². The maximum atomic E-state index is 10.9. The Bertz CT molecular complexity index is 655. The smallest absolute Gasteiger partial charge is 0.193 e. The van der Waals surface area contributed by atoms with Crippen LogP contribution in [0.15, 0.2) is 24.3 Å². The van der Waals surface area contributed by atoms with Gasteiger partial charge in [-0.15, -0.1) is 0 Å². The van der Waals surface area contributed by atoms with Crippen LogP contribution in [-0.2, 0) is 5.41 Å². The molecule has 0 atom stereocenters. The molecule has 0 N–H and O–H groups in total. The van der Waals surface area contributed by atoms with Crippen molar-refractivity contribution in [3.63, 3.8) is 0 Å². The monoisotopic (exact) mass is 268 g/mol. The summed E-state index contributed by atoms with van der Waals surface area (Å²) in [7, 11) is 0. The molecule has 1 aromatic heterocycles. The molecule has 0 aliphatic carbocycles. The first kappa shape index (κ1) is 14.4. The van der Waals surface area contributed by atoms with Gasteiger partial charge in [-0.1, -0.05) is 32.9 Å². The Morgan fingerprint density at radius 2 is 1.75 bits per heavy atom. The Kier molecular flexibility index (Phi) is 3.71. The molecule has 1 aromatic carbocycles. The molecule has 0 amide bonds. The van der Waals surface area contributed by atoms with Gasteiger partial charge in [-0.05, 0) is 42.5 Å². The first-order chi connectivity index (χ1) is 9.31. The normalized spacial score (nSPS) is 11.4. The number of aldehydes is 1.